The van der Waals surface area contributed by atoms with Crippen LogP contribution in [-0.4, -0.2) is 40.4 Å². The molecule has 1 N–H and O–H groups in total. The van der Waals surface area contributed by atoms with Gasteiger partial charge in [-0.25, -0.2) is 0 Å². The summed E-state index contributed by atoms with van der Waals surface area (Å²) >= 11 is 0. The second kappa shape index (κ2) is 12.2. The lowest BCUT2D eigenvalue weighted by molar-refractivity contribution is -0.139. The van der Waals surface area contributed by atoms with Crippen LogP contribution in [0.4, 0.5) is 0 Å². The van der Waals surface area contributed by atoms with E-state index in [0.29, 0.717) is 24.5 Å². The van der Waals surface area contributed by atoms with Crippen LogP contribution in [-0.2, 0) is 17.9 Å². The SMILES string of the molecule is CC1CCCC(C)N1C(=O)COc1ccc(C(=O)NCc2ccc(OCc3cccnc3)cc2)cc1. The number of hydrogen-bond donors (Lipinski definition) is 1. The zero-order chi connectivity index (χ0) is 25.3. The van der Waals surface area contributed by atoms with Crippen LogP contribution in [0.3, 0.4) is 0 Å². The summed E-state index contributed by atoms with van der Waals surface area (Å²) in [5.74, 6) is 1.15. The molecule has 2 amide bonds. The molecule has 1 aliphatic rings. The van der Waals surface area contributed by atoms with Gasteiger partial charge in [-0.1, -0.05) is 18.2 Å². The number of benzene rings is 2. The van der Waals surface area contributed by atoms with E-state index in [1.165, 1.54) is 0 Å². The average Bonchev–Trinajstić information content (AvgIpc) is 2.91. The summed E-state index contributed by atoms with van der Waals surface area (Å²) in [6, 6.07) is 18.8. The van der Waals surface area contributed by atoms with Crippen LogP contribution in [0.1, 0.15) is 54.6 Å². The van der Waals surface area contributed by atoms with Crippen molar-refractivity contribution in [3.05, 3.63) is 89.7 Å². The zero-order valence-electron chi connectivity index (χ0n) is 20.9. The van der Waals surface area contributed by atoms with E-state index in [0.717, 1.165) is 36.1 Å². The third kappa shape index (κ3) is 6.84. The number of ether oxygens (including phenoxy) is 2. The van der Waals surface area contributed by atoms with Gasteiger partial charge in [-0.15, -0.1) is 0 Å². The van der Waals surface area contributed by atoms with E-state index in [9.17, 15) is 9.59 Å². The van der Waals surface area contributed by atoms with Crippen molar-refractivity contribution in [2.75, 3.05) is 6.61 Å². The van der Waals surface area contributed by atoms with Gasteiger partial charge in [-0.05, 0) is 81.1 Å². The Hall–Kier alpha value is -3.87. The van der Waals surface area contributed by atoms with Crippen molar-refractivity contribution in [2.24, 2.45) is 0 Å². The molecule has 2 unspecified atom stereocenters. The molecule has 188 valence electrons. The fraction of sp³-hybridized carbons (Fsp3) is 0.345. The number of carbonyl (C=O) groups is 2. The maximum absolute atomic E-state index is 12.6. The highest BCUT2D eigenvalue weighted by Gasteiger charge is 2.28. The Labute approximate surface area is 212 Å². The maximum atomic E-state index is 12.6. The molecule has 36 heavy (non-hydrogen) atoms. The highest BCUT2D eigenvalue weighted by Crippen LogP contribution is 2.23. The summed E-state index contributed by atoms with van der Waals surface area (Å²) in [4.78, 5) is 31.2. The van der Waals surface area contributed by atoms with Crippen molar-refractivity contribution < 1.29 is 19.1 Å². The number of nitrogens with one attached hydrogen (secondary N) is 1. The smallest absolute Gasteiger partial charge is 0.260 e. The molecule has 1 fully saturated rings. The predicted molar refractivity (Wildman–Crippen MR) is 138 cm³/mol. The largest absolute Gasteiger partial charge is 0.489 e. The number of aromatic nitrogens is 1. The number of pyridine rings is 1. The van der Waals surface area contributed by atoms with Crippen LogP contribution in [0.25, 0.3) is 0 Å². The number of hydrogen-bond acceptors (Lipinski definition) is 5. The third-order valence-electron chi connectivity index (χ3n) is 6.47. The van der Waals surface area contributed by atoms with Crippen LogP contribution < -0.4 is 14.8 Å². The van der Waals surface area contributed by atoms with Crippen LogP contribution >= 0.6 is 0 Å². The topological polar surface area (TPSA) is 80.8 Å². The summed E-state index contributed by atoms with van der Waals surface area (Å²) in [7, 11) is 0. The molecule has 2 aromatic carbocycles. The Morgan fingerprint density at radius 2 is 1.58 bits per heavy atom. The number of nitrogens with zero attached hydrogens (tertiary/aromatic N) is 2. The van der Waals surface area contributed by atoms with Gasteiger partial charge in [0.25, 0.3) is 11.8 Å². The van der Waals surface area contributed by atoms with Crippen LogP contribution in [0.15, 0.2) is 73.1 Å². The maximum Gasteiger partial charge on any atom is 0.260 e. The molecule has 2 atom stereocenters. The van der Waals surface area contributed by atoms with Gasteiger partial charge in [0.2, 0.25) is 0 Å². The average molecular weight is 488 g/mol. The summed E-state index contributed by atoms with van der Waals surface area (Å²) in [5, 5.41) is 2.93. The van der Waals surface area contributed by atoms with Crippen molar-refractivity contribution in [1.82, 2.24) is 15.2 Å². The lowest BCUT2D eigenvalue weighted by atomic mass is 9.97. The van der Waals surface area contributed by atoms with Gasteiger partial charge >= 0.3 is 0 Å². The Bertz CT molecular complexity index is 1120. The minimum absolute atomic E-state index is 0.00215. The molecule has 0 bridgehead atoms. The molecule has 0 radical (unpaired) electrons. The number of amides is 2. The molecule has 0 spiro atoms. The van der Waals surface area contributed by atoms with Gasteiger partial charge < -0.3 is 19.7 Å². The number of likely N-dealkylation sites (tertiary alicyclic amines) is 1. The number of piperidine rings is 1. The van der Waals surface area contributed by atoms with E-state index in [4.69, 9.17) is 9.47 Å². The van der Waals surface area contributed by atoms with E-state index < -0.39 is 0 Å². The minimum Gasteiger partial charge on any atom is -0.489 e. The zero-order valence-corrected chi connectivity index (χ0v) is 20.9. The fourth-order valence-corrected chi connectivity index (χ4v) is 4.47. The van der Waals surface area contributed by atoms with E-state index in [-0.39, 0.29) is 30.5 Å². The Morgan fingerprint density at radius 3 is 2.25 bits per heavy atom. The second-order valence-electron chi connectivity index (χ2n) is 9.22. The van der Waals surface area contributed by atoms with E-state index >= 15 is 0 Å². The van der Waals surface area contributed by atoms with Gasteiger partial charge in [-0.2, -0.15) is 0 Å². The first kappa shape index (κ1) is 25.2. The fourth-order valence-electron chi connectivity index (χ4n) is 4.47. The molecular weight excluding hydrogens is 454 g/mol. The van der Waals surface area contributed by atoms with Crippen molar-refractivity contribution in [2.45, 2.75) is 58.3 Å². The van der Waals surface area contributed by atoms with Crippen LogP contribution in [0, 0.1) is 0 Å². The molecule has 3 aromatic rings. The molecule has 1 aliphatic heterocycles. The van der Waals surface area contributed by atoms with Gasteiger partial charge in [0.1, 0.15) is 18.1 Å². The van der Waals surface area contributed by atoms with E-state index in [1.54, 1.807) is 36.7 Å². The third-order valence-corrected chi connectivity index (χ3v) is 6.47. The summed E-state index contributed by atoms with van der Waals surface area (Å²) in [6.45, 7) is 5.04. The molecule has 7 heteroatoms. The van der Waals surface area contributed by atoms with E-state index in [2.05, 4.69) is 24.1 Å². The molecule has 0 aliphatic carbocycles. The molecule has 0 saturated carbocycles. The van der Waals surface area contributed by atoms with Crippen LogP contribution in [0.2, 0.25) is 0 Å². The molecule has 2 heterocycles. The summed E-state index contributed by atoms with van der Waals surface area (Å²) in [5.41, 5.74) is 2.50. The number of carbonyl (C=O) groups excluding carboxylic acids is 2. The quantitative estimate of drug-likeness (QED) is 0.471. The van der Waals surface area contributed by atoms with Crippen molar-refractivity contribution >= 4 is 11.8 Å². The standard InChI is InChI=1S/C29H33N3O4/c1-21-5-3-6-22(2)32(21)28(33)20-36-27-14-10-25(11-15-27)29(34)31-18-23-8-12-26(13-9-23)35-19-24-7-4-16-30-17-24/h4,7-17,21-22H,3,5-6,18-20H2,1-2H3,(H,31,34). The van der Waals surface area contributed by atoms with Crippen molar-refractivity contribution in [1.29, 1.82) is 0 Å². The molecule has 7 nitrogen and oxygen atoms in total. The molecular formula is C29H33N3O4. The molecule has 4 rings (SSSR count). The first-order valence-electron chi connectivity index (χ1n) is 12.4. The lowest BCUT2D eigenvalue weighted by Gasteiger charge is -2.38. The lowest BCUT2D eigenvalue weighted by Crippen LogP contribution is -2.49. The monoisotopic (exact) mass is 487 g/mol. The minimum atomic E-state index is -0.175. The van der Waals surface area contributed by atoms with E-state index in [1.807, 2.05) is 41.3 Å². The van der Waals surface area contributed by atoms with Gasteiger partial charge in [0.05, 0.1) is 0 Å². The van der Waals surface area contributed by atoms with Gasteiger partial charge in [0.15, 0.2) is 6.61 Å². The Morgan fingerprint density at radius 1 is 0.917 bits per heavy atom. The Kier molecular flexibility index (Phi) is 8.55. The van der Waals surface area contributed by atoms with Crippen molar-refractivity contribution in [3.63, 3.8) is 0 Å². The first-order valence-corrected chi connectivity index (χ1v) is 12.4. The first-order chi connectivity index (χ1) is 17.5. The van der Waals surface area contributed by atoms with Gasteiger partial charge in [-0.3, -0.25) is 14.6 Å². The van der Waals surface area contributed by atoms with Crippen LogP contribution in [0.5, 0.6) is 11.5 Å². The predicted octanol–water partition coefficient (Wildman–Crippen LogP) is 4.76. The summed E-state index contributed by atoms with van der Waals surface area (Å²) in [6.07, 6.45) is 6.73. The highest BCUT2D eigenvalue weighted by molar-refractivity contribution is 5.94. The van der Waals surface area contributed by atoms with Gasteiger partial charge in [0, 0.05) is 42.1 Å². The number of rotatable bonds is 9. The molecule has 1 aromatic heterocycles. The normalized spacial score (nSPS) is 17.3. The second-order valence-corrected chi connectivity index (χ2v) is 9.22. The summed E-state index contributed by atoms with van der Waals surface area (Å²) < 4.78 is 11.5. The highest BCUT2D eigenvalue weighted by atomic mass is 16.5. The van der Waals surface area contributed by atoms with Crippen molar-refractivity contribution in [3.8, 4) is 11.5 Å². The Balaban J connectivity index is 1.21. The molecule has 1 saturated heterocycles.